The van der Waals surface area contributed by atoms with Gasteiger partial charge in [-0.3, -0.25) is 0 Å². The lowest BCUT2D eigenvalue weighted by Crippen LogP contribution is -2.15. The van der Waals surface area contributed by atoms with Crippen molar-refractivity contribution in [3.63, 3.8) is 0 Å². The molecule has 0 spiro atoms. The molecule has 0 radical (unpaired) electrons. The maximum atomic E-state index is 5.62. The summed E-state index contributed by atoms with van der Waals surface area (Å²) in [5.74, 6) is 3.38. The average molecular weight is 294 g/mol. The molecule has 0 aliphatic heterocycles. The highest BCUT2D eigenvalue weighted by Crippen LogP contribution is 2.19. The van der Waals surface area contributed by atoms with Crippen LogP contribution in [0.1, 0.15) is 45.5 Å². The smallest absolute Gasteiger partial charge is 0.134 e. The van der Waals surface area contributed by atoms with Crippen LogP contribution in [0.4, 0.5) is 11.6 Å². The van der Waals surface area contributed by atoms with Crippen LogP contribution in [0, 0.1) is 12.8 Å². The number of aryl methyl sites for hydroxylation is 1. The Balaban J connectivity index is 2.51. The van der Waals surface area contributed by atoms with Gasteiger partial charge < -0.3 is 15.4 Å². The molecule has 120 valence electrons. The van der Waals surface area contributed by atoms with Gasteiger partial charge in [0.1, 0.15) is 17.5 Å². The monoisotopic (exact) mass is 294 g/mol. The van der Waals surface area contributed by atoms with Crippen LogP contribution in [-0.2, 0) is 11.2 Å². The Kier molecular flexibility index (Phi) is 8.05. The summed E-state index contributed by atoms with van der Waals surface area (Å²) in [6.45, 7) is 13.8. The number of hydrogen-bond acceptors (Lipinski definition) is 5. The van der Waals surface area contributed by atoms with E-state index in [1.165, 1.54) is 0 Å². The summed E-state index contributed by atoms with van der Waals surface area (Å²) in [4.78, 5) is 9.09. The maximum absolute atomic E-state index is 5.62. The topological polar surface area (TPSA) is 59.1 Å². The van der Waals surface area contributed by atoms with E-state index in [4.69, 9.17) is 4.74 Å². The first-order valence-electron chi connectivity index (χ1n) is 8.01. The van der Waals surface area contributed by atoms with Crippen molar-refractivity contribution in [2.45, 2.75) is 47.5 Å². The van der Waals surface area contributed by atoms with Gasteiger partial charge in [-0.2, -0.15) is 0 Å². The molecule has 1 aromatic heterocycles. The first-order valence-corrected chi connectivity index (χ1v) is 8.01. The van der Waals surface area contributed by atoms with Crippen LogP contribution in [0.25, 0.3) is 0 Å². The lowest BCUT2D eigenvalue weighted by molar-refractivity contribution is 0.132. The van der Waals surface area contributed by atoms with Crippen LogP contribution in [0.15, 0.2) is 0 Å². The summed E-state index contributed by atoms with van der Waals surface area (Å²) in [6.07, 6.45) is 1.94. The number of rotatable bonds is 10. The van der Waals surface area contributed by atoms with Gasteiger partial charge in [0.2, 0.25) is 0 Å². The minimum absolute atomic E-state index is 0.692. The highest BCUT2D eigenvalue weighted by Gasteiger charge is 2.09. The first kappa shape index (κ1) is 17.7. The van der Waals surface area contributed by atoms with Gasteiger partial charge in [-0.15, -0.1) is 0 Å². The molecule has 1 rings (SSSR count). The number of aromatic nitrogens is 2. The third-order valence-corrected chi connectivity index (χ3v) is 3.23. The lowest BCUT2D eigenvalue weighted by atomic mass is 10.1. The van der Waals surface area contributed by atoms with Crippen LogP contribution in [-0.4, -0.2) is 36.3 Å². The molecular weight excluding hydrogens is 264 g/mol. The molecule has 0 atom stereocenters. The summed E-state index contributed by atoms with van der Waals surface area (Å²) >= 11 is 0. The zero-order valence-corrected chi connectivity index (χ0v) is 14.1. The molecule has 1 aromatic rings. The molecule has 2 N–H and O–H groups in total. The van der Waals surface area contributed by atoms with Crippen molar-refractivity contribution < 1.29 is 4.74 Å². The molecule has 0 unspecified atom stereocenters. The van der Waals surface area contributed by atoms with Crippen molar-refractivity contribution in [2.24, 2.45) is 5.92 Å². The van der Waals surface area contributed by atoms with Gasteiger partial charge in [-0.25, -0.2) is 9.97 Å². The summed E-state index contributed by atoms with van der Waals surface area (Å²) in [7, 11) is 0. The van der Waals surface area contributed by atoms with E-state index in [0.717, 1.165) is 55.6 Å². The second kappa shape index (κ2) is 9.55. The van der Waals surface area contributed by atoms with Gasteiger partial charge >= 0.3 is 0 Å². The Morgan fingerprint density at radius 3 is 2.29 bits per heavy atom. The molecule has 1 heterocycles. The molecule has 0 aliphatic carbocycles. The lowest BCUT2D eigenvalue weighted by Gasteiger charge is -2.14. The molecule has 0 saturated carbocycles. The Labute approximate surface area is 128 Å². The van der Waals surface area contributed by atoms with Crippen molar-refractivity contribution in [1.29, 1.82) is 0 Å². The Morgan fingerprint density at radius 1 is 1.05 bits per heavy atom. The molecule has 0 bridgehead atoms. The second-order valence-electron chi connectivity index (χ2n) is 5.57. The standard InChI is InChI=1S/C16H30N4O/c1-6-14-19-15(17-7-2)13(5)16(20-14)18-9-11-21-10-8-12(3)4/h12H,6-11H2,1-5H3,(H2,17,18,19,20). The van der Waals surface area contributed by atoms with E-state index in [9.17, 15) is 0 Å². The number of anilines is 2. The summed E-state index contributed by atoms with van der Waals surface area (Å²) in [6, 6.07) is 0. The van der Waals surface area contributed by atoms with Crippen LogP contribution in [0.5, 0.6) is 0 Å². The predicted octanol–water partition coefficient (Wildman–Crippen LogP) is 3.25. The van der Waals surface area contributed by atoms with E-state index in [-0.39, 0.29) is 0 Å². The highest BCUT2D eigenvalue weighted by atomic mass is 16.5. The normalized spacial score (nSPS) is 11.0. The number of nitrogens with zero attached hydrogens (tertiary/aromatic N) is 2. The first-order chi connectivity index (χ1) is 10.1. The Bertz CT molecular complexity index is 421. The predicted molar refractivity (Wildman–Crippen MR) is 89.1 cm³/mol. The molecule has 0 saturated heterocycles. The third kappa shape index (κ3) is 6.29. The maximum Gasteiger partial charge on any atom is 0.134 e. The van der Waals surface area contributed by atoms with Gasteiger partial charge in [0.15, 0.2) is 0 Å². The van der Waals surface area contributed by atoms with Crippen molar-refractivity contribution in [3.8, 4) is 0 Å². The summed E-state index contributed by atoms with van der Waals surface area (Å²) < 4.78 is 5.62. The van der Waals surface area contributed by atoms with E-state index >= 15 is 0 Å². The van der Waals surface area contributed by atoms with Crippen LogP contribution in [0.3, 0.4) is 0 Å². The molecule has 5 nitrogen and oxygen atoms in total. The third-order valence-electron chi connectivity index (χ3n) is 3.23. The largest absolute Gasteiger partial charge is 0.380 e. The minimum atomic E-state index is 0.692. The fourth-order valence-electron chi connectivity index (χ4n) is 1.90. The number of ether oxygens (including phenoxy) is 1. The zero-order valence-electron chi connectivity index (χ0n) is 14.1. The van der Waals surface area contributed by atoms with Crippen molar-refractivity contribution in [1.82, 2.24) is 9.97 Å². The summed E-state index contributed by atoms with van der Waals surface area (Å²) in [5, 5.41) is 6.65. The van der Waals surface area contributed by atoms with Crippen molar-refractivity contribution in [2.75, 3.05) is 36.9 Å². The van der Waals surface area contributed by atoms with Crippen LogP contribution in [0.2, 0.25) is 0 Å². The highest BCUT2D eigenvalue weighted by molar-refractivity contribution is 5.57. The van der Waals surface area contributed by atoms with Crippen molar-refractivity contribution >= 4 is 11.6 Å². The quantitative estimate of drug-likeness (QED) is 0.649. The van der Waals surface area contributed by atoms with E-state index in [1.54, 1.807) is 0 Å². The Hall–Kier alpha value is -1.36. The SMILES string of the molecule is CCNc1nc(CC)nc(NCCOCCC(C)C)c1C. The fourth-order valence-corrected chi connectivity index (χ4v) is 1.90. The summed E-state index contributed by atoms with van der Waals surface area (Å²) in [5.41, 5.74) is 1.07. The van der Waals surface area contributed by atoms with Crippen LogP contribution >= 0.6 is 0 Å². The van der Waals surface area contributed by atoms with E-state index in [1.807, 2.05) is 6.92 Å². The molecule has 0 amide bonds. The van der Waals surface area contributed by atoms with Gasteiger partial charge in [-0.05, 0) is 26.2 Å². The second-order valence-corrected chi connectivity index (χ2v) is 5.57. The molecular formula is C16H30N4O. The minimum Gasteiger partial charge on any atom is -0.380 e. The molecule has 0 aromatic carbocycles. The zero-order chi connectivity index (χ0) is 15.7. The molecule has 5 heteroatoms. The average Bonchev–Trinajstić information content (AvgIpc) is 2.46. The number of hydrogen-bond donors (Lipinski definition) is 2. The van der Waals surface area contributed by atoms with E-state index in [2.05, 4.69) is 48.3 Å². The Morgan fingerprint density at radius 2 is 1.71 bits per heavy atom. The van der Waals surface area contributed by atoms with Gasteiger partial charge in [0.05, 0.1) is 6.61 Å². The molecule has 0 fully saturated rings. The number of nitrogens with one attached hydrogen (secondary N) is 2. The molecule has 0 aliphatic rings. The van der Waals surface area contributed by atoms with Gasteiger partial charge in [-0.1, -0.05) is 20.8 Å². The van der Waals surface area contributed by atoms with Gasteiger partial charge in [0.25, 0.3) is 0 Å². The van der Waals surface area contributed by atoms with Gasteiger partial charge in [0, 0.05) is 31.7 Å². The van der Waals surface area contributed by atoms with Crippen molar-refractivity contribution in [3.05, 3.63) is 11.4 Å². The fraction of sp³-hybridized carbons (Fsp3) is 0.750. The molecule has 21 heavy (non-hydrogen) atoms. The van der Waals surface area contributed by atoms with E-state index < -0.39 is 0 Å². The van der Waals surface area contributed by atoms with Crippen LogP contribution < -0.4 is 10.6 Å². The van der Waals surface area contributed by atoms with E-state index in [0.29, 0.717) is 12.5 Å².